The molecule has 0 spiro atoms. The lowest BCUT2D eigenvalue weighted by Crippen LogP contribution is -2.47. The minimum Gasteiger partial charge on any atom is -0.481 e. The van der Waals surface area contributed by atoms with Gasteiger partial charge in [0, 0.05) is 19.8 Å². The molecule has 0 aliphatic heterocycles. The van der Waals surface area contributed by atoms with Crippen LogP contribution in [0.3, 0.4) is 0 Å². The van der Waals surface area contributed by atoms with Crippen molar-refractivity contribution in [3.8, 4) is 0 Å². The van der Waals surface area contributed by atoms with Crippen molar-refractivity contribution >= 4 is 21.9 Å². The Morgan fingerprint density at radius 1 is 1.48 bits per heavy atom. The van der Waals surface area contributed by atoms with E-state index in [0.717, 1.165) is 6.42 Å². The van der Waals surface area contributed by atoms with Gasteiger partial charge < -0.3 is 15.0 Å². The van der Waals surface area contributed by atoms with Gasteiger partial charge in [0.2, 0.25) is 10.0 Å². The first kappa shape index (κ1) is 15.5. The van der Waals surface area contributed by atoms with E-state index in [4.69, 9.17) is 5.14 Å². The van der Waals surface area contributed by atoms with Crippen molar-refractivity contribution in [1.29, 1.82) is 0 Å². The molecule has 8 nitrogen and oxygen atoms in total. The maximum absolute atomic E-state index is 12.1. The zero-order valence-electron chi connectivity index (χ0n) is 11.5. The number of aryl methyl sites for hydroxylation is 1. The monoisotopic (exact) mass is 315 g/mol. The number of hydrogen-bond acceptors (Lipinski definition) is 4. The van der Waals surface area contributed by atoms with Crippen LogP contribution in [-0.4, -0.2) is 36.5 Å². The Bertz CT molecular complexity index is 688. The topological polar surface area (TPSA) is 131 Å². The van der Waals surface area contributed by atoms with E-state index in [-0.39, 0.29) is 17.1 Å². The van der Waals surface area contributed by atoms with Crippen molar-refractivity contribution in [3.63, 3.8) is 0 Å². The molecule has 0 radical (unpaired) electrons. The maximum atomic E-state index is 12.1. The van der Waals surface area contributed by atoms with E-state index in [9.17, 15) is 23.1 Å². The molecule has 0 bridgehead atoms. The van der Waals surface area contributed by atoms with E-state index in [1.165, 1.54) is 23.9 Å². The Hall–Kier alpha value is -1.87. The number of aliphatic carboxylic acids is 1. The fourth-order valence-corrected chi connectivity index (χ4v) is 2.91. The van der Waals surface area contributed by atoms with E-state index in [2.05, 4.69) is 5.32 Å². The van der Waals surface area contributed by atoms with Gasteiger partial charge in [-0.15, -0.1) is 0 Å². The summed E-state index contributed by atoms with van der Waals surface area (Å²) in [6, 6.07) is 1.17. The number of nitrogens with one attached hydrogen (secondary N) is 1. The van der Waals surface area contributed by atoms with E-state index in [1.807, 2.05) is 0 Å². The summed E-state index contributed by atoms with van der Waals surface area (Å²) >= 11 is 0. The largest absolute Gasteiger partial charge is 0.481 e. The second-order valence-corrected chi connectivity index (χ2v) is 6.90. The third-order valence-corrected chi connectivity index (χ3v) is 4.77. The molecule has 1 aromatic heterocycles. The molecule has 21 heavy (non-hydrogen) atoms. The summed E-state index contributed by atoms with van der Waals surface area (Å²) in [5, 5.41) is 16.7. The Labute approximate surface area is 122 Å². The molecule has 0 atom stereocenters. The van der Waals surface area contributed by atoms with Crippen LogP contribution in [0.15, 0.2) is 17.2 Å². The van der Waals surface area contributed by atoms with Crippen LogP contribution in [-0.2, 0) is 21.9 Å². The second-order valence-electron chi connectivity index (χ2n) is 5.34. The Kier molecular flexibility index (Phi) is 3.81. The Morgan fingerprint density at radius 3 is 2.48 bits per heavy atom. The molecule has 1 aromatic rings. The minimum absolute atomic E-state index is 0.0249. The maximum Gasteiger partial charge on any atom is 0.311 e. The van der Waals surface area contributed by atoms with Crippen molar-refractivity contribution in [2.24, 2.45) is 17.6 Å². The van der Waals surface area contributed by atoms with Crippen LogP contribution in [0.25, 0.3) is 0 Å². The van der Waals surface area contributed by atoms with Crippen LogP contribution in [0.1, 0.15) is 29.8 Å². The number of carboxylic acid groups (broad SMARTS) is 1. The first-order valence-corrected chi connectivity index (χ1v) is 7.91. The molecule has 116 valence electrons. The average molecular weight is 315 g/mol. The third-order valence-electron chi connectivity index (χ3n) is 3.89. The van der Waals surface area contributed by atoms with E-state index in [1.54, 1.807) is 0 Å². The zero-order chi connectivity index (χ0) is 15.8. The quantitative estimate of drug-likeness (QED) is 0.684. The molecule has 2 rings (SSSR count). The smallest absolute Gasteiger partial charge is 0.311 e. The molecule has 1 aliphatic carbocycles. The first-order chi connectivity index (χ1) is 9.66. The third kappa shape index (κ3) is 2.93. The number of carboxylic acids is 1. The summed E-state index contributed by atoms with van der Waals surface area (Å²) in [4.78, 5) is 23.1. The molecule has 1 aliphatic rings. The van der Waals surface area contributed by atoms with Crippen molar-refractivity contribution in [2.75, 3.05) is 6.54 Å². The van der Waals surface area contributed by atoms with E-state index < -0.39 is 27.3 Å². The lowest BCUT2D eigenvalue weighted by molar-refractivity contribution is -0.153. The number of nitrogens with zero attached hydrogens (tertiary/aromatic N) is 1. The van der Waals surface area contributed by atoms with Gasteiger partial charge in [0.05, 0.1) is 5.41 Å². The number of carbonyl (C=O) groups is 2. The van der Waals surface area contributed by atoms with Crippen LogP contribution in [0.2, 0.25) is 0 Å². The van der Waals surface area contributed by atoms with Crippen molar-refractivity contribution in [3.05, 3.63) is 18.0 Å². The van der Waals surface area contributed by atoms with Crippen LogP contribution in [0.5, 0.6) is 0 Å². The standard InChI is InChI=1S/C12H17N3O5S/c1-15-6-8(21(13,19)20)5-9(15)10(16)14-7-12(11(17)18)3-2-4-12/h5-6H,2-4,7H2,1H3,(H,14,16)(H,17,18)(H2,13,19,20). The number of hydrogen-bond donors (Lipinski definition) is 3. The van der Waals surface area contributed by atoms with Gasteiger partial charge in [0.15, 0.2) is 0 Å². The number of primary sulfonamides is 1. The average Bonchev–Trinajstić information content (AvgIpc) is 2.69. The van der Waals surface area contributed by atoms with Crippen molar-refractivity contribution in [1.82, 2.24) is 9.88 Å². The highest BCUT2D eigenvalue weighted by atomic mass is 32.2. The lowest BCUT2D eigenvalue weighted by atomic mass is 9.69. The van der Waals surface area contributed by atoms with Gasteiger partial charge in [-0.2, -0.15) is 0 Å². The van der Waals surface area contributed by atoms with Crippen molar-refractivity contribution in [2.45, 2.75) is 24.2 Å². The summed E-state index contributed by atoms with van der Waals surface area (Å²) in [6.07, 6.45) is 3.11. The van der Waals surface area contributed by atoms with E-state index >= 15 is 0 Å². The number of aromatic nitrogens is 1. The molecule has 1 fully saturated rings. The molecule has 1 saturated carbocycles. The summed E-state index contributed by atoms with van der Waals surface area (Å²) in [7, 11) is -2.37. The Balaban J connectivity index is 2.11. The predicted molar refractivity (Wildman–Crippen MR) is 73.0 cm³/mol. The Morgan fingerprint density at radius 2 is 2.10 bits per heavy atom. The predicted octanol–water partition coefficient (Wildman–Crippen LogP) is -0.343. The minimum atomic E-state index is -3.88. The molecule has 1 heterocycles. The van der Waals surface area contributed by atoms with Gasteiger partial charge >= 0.3 is 5.97 Å². The molecule has 0 unspecified atom stereocenters. The highest BCUT2D eigenvalue weighted by molar-refractivity contribution is 7.89. The molecular weight excluding hydrogens is 298 g/mol. The summed E-state index contributed by atoms with van der Waals surface area (Å²) < 4.78 is 23.8. The number of rotatable bonds is 5. The van der Waals surface area contributed by atoms with Gasteiger partial charge in [-0.25, -0.2) is 13.6 Å². The normalized spacial score (nSPS) is 17.0. The number of sulfonamides is 1. The highest BCUT2D eigenvalue weighted by Gasteiger charge is 2.44. The number of carbonyl (C=O) groups excluding carboxylic acids is 1. The molecular formula is C12H17N3O5S. The lowest BCUT2D eigenvalue weighted by Gasteiger charge is -2.37. The molecule has 9 heteroatoms. The number of nitrogens with two attached hydrogens (primary N) is 1. The summed E-state index contributed by atoms with van der Waals surface area (Å²) in [5.74, 6) is -1.45. The summed E-state index contributed by atoms with van der Waals surface area (Å²) in [6.45, 7) is 0.0249. The van der Waals surface area contributed by atoms with Crippen LogP contribution in [0.4, 0.5) is 0 Å². The summed E-state index contributed by atoms with van der Waals surface area (Å²) in [5.41, 5.74) is -0.789. The second kappa shape index (κ2) is 5.15. The van der Waals surface area contributed by atoms with Gasteiger partial charge in [0.25, 0.3) is 5.91 Å². The number of amides is 1. The fraction of sp³-hybridized carbons (Fsp3) is 0.500. The molecule has 0 aromatic carbocycles. The van der Waals surface area contributed by atoms with Crippen molar-refractivity contribution < 1.29 is 23.1 Å². The van der Waals surface area contributed by atoms with Gasteiger partial charge in [-0.3, -0.25) is 9.59 Å². The van der Waals surface area contributed by atoms with E-state index in [0.29, 0.717) is 12.8 Å². The SMILES string of the molecule is Cn1cc(S(N)(=O)=O)cc1C(=O)NCC1(C(=O)O)CCC1. The van der Waals surface area contributed by atoms with Crippen LogP contribution < -0.4 is 10.5 Å². The van der Waals surface area contributed by atoms with Gasteiger partial charge in [0.1, 0.15) is 10.6 Å². The molecule has 4 N–H and O–H groups in total. The first-order valence-electron chi connectivity index (χ1n) is 6.36. The van der Waals surface area contributed by atoms with Crippen LogP contribution in [0, 0.1) is 5.41 Å². The van der Waals surface area contributed by atoms with Gasteiger partial charge in [-0.1, -0.05) is 6.42 Å². The van der Waals surface area contributed by atoms with Crippen LogP contribution >= 0.6 is 0 Å². The molecule has 0 saturated heterocycles. The zero-order valence-corrected chi connectivity index (χ0v) is 12.3. The molecule has 1 amide bonds. The fourth-order valence-electron chi connectivity index (χ4n) is 2.33. The highest BCUT2D eigenvalue weighted by Crippen LogP contribution is 2.40. The van der Waals surface area contributed by atoms with Gasteiger partial charge in [-0.05, 0) is 18.9 Å².